The smallest absolute Gasteiger partial charge is 0.110 e. The molecule has 1 heterocycles. The van der Waals surface area contributed by atoms with Crippen LogP contribution in [0.15, 0.2) is 0 Å². The van der Waals surface area contributed by atoms with Gasteiger partial charge in [0.15, 0.2) is 0 Å². The van der Waals surface area contributed by atoms with Gasteiger partial charge in [-0.3, -0.25) is 0 Å². The molecule has 1 saturated carbocycles. The van der Waals surface area contributed by atoms with Gasteiger partial charge < -0.3 is 9.47 Å². The molecule has 0 N–H and O–H groups in total. The van der Waals surface area contributed by atoms with Gasteiger partial charge in [0, 0.05) is 13.7 Å². The molecule has 1 aliphatic heterocycles. The predicted molar refractivity (Wildman–Crippen MR) is 56.3 cm³/mol. The number of hydrogen-bond acceptors (Lipinski definition) is 3. The zero-order chi connectivity index (χ0) is 10.8. The fourth-order valence-electron chi connectivity index (χ4n) is 2.91. The monoisotopic (exact) mass is 209 g/mol. The molecule has 0 radical (unpaired) electrons. The quantitative estimate of drug-likeness (QED) is 0.716. The molecule has 1 atom stereocenters. The van der Waals surface area contributed by atoms with Crippen molar-refractivity contribution in [2.45, 2.75) is 44.1 Å². The van der Waals surface area contributed by atoms with E-state index in [1.165, 1.54) is 0 Å². The summed E-state index contributed by atoms with van der Waals surface area (Å²) in [5.74, 6) is 0. The molecule has 3 heteroatoms. The molecule has 0 bridgehead atoms. The Kier molecular flexibility index (Phi) is 2.99. The van der Waals surface area contributed by atoms with Gasteiger partial charge in [0.05, 0.1) is 18.1 Å². The van der Waals surface area contributed by atoms with Crippen LogP contribution >= 0.6 is 0 Å². The molecular formula is C12H19NO2. The molecule has 1 saturated heterocycles. The van der Waals surface area contributed by atoms with Gasteiger partial charge in [-0.05, 0) is 32.1 Å². The summed E-state index contributed by atoms with van der Waals surface area (Å²) in [6.45, 7) is 1.35. The maximum atomic E-state index is 9.40. The highest BCUT2D eigenvalue weighted by Gasteiger charge is 2.57. The molecule has 3 nitrogen and oxygen atoms in total. The van der Waals surface area contributed by atoms with Crippen LogP contribution in [0.5, 0.6) is 0 Å². The predicted octanol–water partition coefficient (Wildman–Crippen LogP) is 2.27. The Morgan fingerprint density at radius 3 is 2.47 bits per heavy atom. The summed E-state index contributed by atoms with van der Waals surface area (Å²) in [6, 6.07) is 2.51. The Hall–Kier alpha value is -0.590. The molecular weight excluding hydrogens is 190 g/mol. The molecule has 2 rings (SSSR count). The lowest BCUT2D eigenvalue weighted by molar-refractivity contribution is -0.191. The number of rotatable bonds is 3. The summed E-state index contributed by atoms with van der Waals surface area (Å²) >= 11 is 0. The van der Waals surface area contributed by atoms with Crippen LogP contribution in [0, 0.1) is 16.7 Å². The Morgan fingerprint density at radius 2 is 2.07 bits per heavy atom. The van der Waals surface area contributed by atoms with E-state index in [4.69, 9.17) is 9.47 Å². The fraction of sp³-hybridized carbons (Fsp3) is 0.917. The van der Waals surface area contributed by atoms with Crippen LogP contribution < -0.4 is 0 Å². The summed E-state index contributed by atoms with van der Waals surface area (Å²) in [5, 5.41) is 9.40. The SMILES string of the molecule is COCC1(C2(C#N)CCC2)CCCCO1. The second-order valence-corrected chi connectivity index (χ2v) is 4.78. The first-order chi connectivity index (χ1) is 7.29. The van der Waals surface area contributed by atoms with Crippen LogP contribution in [0.1, 0.15) is 38.5 Å². The third kappa shape index (κ3) is 1.56. The highest BCUT2D eigenvalue weighted by atomic mass is 16.5. The van der Waals surface area contributed by atoms with Crippen LogP contribution in [0.25, 0.3) is 0 Å². The Bertz CT molecular complexity index is 254. The number of methoxy groups -OCH3 is 1. The first-order valence-corrected chi connectivity index (χ1v) is 5.83. The summed E-state index contributed by atoms with van der Waals surface area (Å²) in [6.07, 6.45) is 6.37. The van der Waals surface area contributed by atoms with Crippen LogP contribution in [0.4, 0.5) is 0 Å². The fourth-order valence-corrected chi connectivity index (χ4v) is 2.91. The molecule has 2 fully saturated rings. The largest absolute Gasteiger partial charge is 0.382 e. The lowest BCUT2D eigenvalue weighted by atomic mass is 9.58. The number of ether oxygens (including phenoxy) is 2. The van der Waals surface area contributed by atoms with Gasteiger partial charge in [-0.15, -0.1) is 0 Å². The normalized spacial score (nSPS) is 34.1. The zero-order valence-corrected chi connectivity index (χ0v) is 9.42. The third-order valence-corrected chi connectivity index (χ3v) is 4.02. The summed E-state index contributed by atoms with van der Waals surface area (Å²) in [4.78, 5) is 0. The van der Waals surface area contributed by atoms with Crippen LogP contribution in [-0.4, -0.2) is 25.9 Å². The molecule has 1 unspecified atom stereocenters. The van der Waals surface area contributed by atoms with Gasteiger partial charge in [0.2, 0.25) is 0 Å². The Morgan fingerprint density at radius 1 is 1.27 bits per heavy atom. The minimum atomic E-state index is -0.312. The van der Waals surface area contributed by atoms with E-state index in [9.17, 15) is 5.26 Å². The van der Waals surface area contributed by atoms with Crippen molar-refractivity contribution in [3.05, 3.63) is 0 Å². The Balaban J connectivity index is 2.20. The number of hydrogen-bond donors (Lipinski definition) is 0. The first-order valence-electron chi connectivity index (χ1n) is 5.83. The van der Waals surface area contributed by atoms with E-state index in [1.807, 2.05) is 0 Å². The zero-order valence-electron chi connectivity index (χ0n) is 9.42. The maximum absolute atomic E-state index is 9.40. The Labute approximate surface area is 91.4 Å². The van der Waals surface area contributed by atoms with E-state index in [-0.39, 0.29) is 11.0 Å². The standard InChI is InChI=1S/C12H19NO2/c1-14-10-12(7-2-3-8-15-12)11(9-13)5-4-6-11/h2-8,10H2,1H3. The van der Waals surface area contributed by atoms with Crippen LogP contribution in [0.3, 0.4) is 0 Å². The summed E-state index contributed by atoms with van der Waals surface area (Å²) in [5.41, 5.74) is -0.573. The van der Waals surface area contributed by atoms with Gasteiger partial charge in [0.25, 0.3) is 0 Å². The van der Waals surface area contributed by atoms with Gasteiger partial charge in [0.1, 0.15) is 5.60 Å². The minimum Gasteiger partial charge on any atom is -0.382 e. The molecule has 84 valence electrons. The highest BCUT2D eigenvalue weighted by Crippen LogP contribution is 2.53. The van der Waals surface area contributed by atoms with E-state index < -0.39 is 0 Å². The van der Waals surface area contributed by atoms with Crippen molar-refractivity contribution in [2.75, 3.05) is 20.3 Å². The molecule has 15 heavy (non-hydrogen) atoms. The number of nitriles is 1. The van der Waals surface area contributed by atoms with Crippen molar-refractivity contribution < 1.29 is 9.47 Å². The van der Waals surface area contributed by atoms with Crippen molar-refractivity contribution in [1.82, 2.24) is 0 Å². The van der Waals surface area contributed by atoms with Crippen molar-refractivity contribution in [3.63, 3.8) is 0 Å². The van der Waals surface area contributed by atoms with E-state index in [2.05, 4.69) is 6.07 Å². The second-order valence-electron chi connectivity index (χ2n) is 4.78. The first kappa shape index (κ1) is 10.9. The van der Waals surface area contributed by atoms with Crippen molar-refractivity contribution >= 4 is 0 Å². The third-order valence-electron chi connectivity index (χ3n) is 4.02. The molecule has 0 amide bonds. The lowest BCUT2D eigenvalue weighted by Crippen LogP contribution is -2.57. The summed E-state index contributed by atoms with van der Waals surface area (Å²) in [7, 11) is 1.70. The van der Waals surface area contributed by atoms with E-state index >= 15 is 0 Å². The van der Waals surface area contributed by atoms with Gasteiger partial charge >= 0.3 is 0 Å². The van der Waals surface area contributed by atoms with Crippen molar-refractivity contribution in [2.24, 2.45) is 5.41 Å². The van der Waals surface area contributed by atoms with Crippen LogP contribution in [0.2, 0.25) is 0 Å². The topological polar surface area (TPSA) is 42.2 Å². The average molecular weight is 209 g/mol. The minimum absolute atomic E-state index is 0.260. The molecule has 0 spiro atoms. The molecule has 2 aliphatic rings. The van der Waals surface area contributed by atoms with Gasteiger partial charge in [-0.2, -0.15) is 5.26 Å². The molecule has 0 aromatic carbocycles. The average Bonchev–Trinajstić information content (AvgIpc) is 2.18. The van der Waals surface area contributed by atoms with Gasteiger partial charge in [-0.25, -0.2) is 0 Å². The lowest BCUT2D eigenvalue weighted by Gasteiger charge is -2.52. The van der Waals surface area contributed by atoms with Crippen molar-refractivity contribution in [3.8, 4) is 6.07 Å². The summed E-state index contributed by atoms with van der Waals surface area (Å²) < 4.78 is 11.2. The highest BCUT2D eigenvalue weighted by molar-refractivity contribution is 5.17. The second kappa shape index (κ2) is 4.11. The van der Waals surface area contributed by atoms with E-state index in [0.717, 1.165) is 45.1 Å². The molecule has 0 aromatic rings. The van der Waals surface area contributed by atoms with Crippen LogP contribution in [-0.2, 0) is 9.47 Å². The van der Waals surface area contributed by atoms with Crippen molar-refractivity contribution in [1.29, 1.82) is 5.26 Å². The van der Waals surface area contributed by atoms with E-state index in [1.54, 1.807) is 7.11 Å². The van der Waals surface area contributed by atoms with Gasteiger partial charge in [-0.1, -0.05) is 6.42 Å². The van der Waals surface area contributed by atoms with E-state index in [0.29, 0.717) is 6.61 Å². The number of nitrogens with zero attached hydrogens (tertiary/aromatic N) is 1. The maximum Gasteiger partial charge on any atom is 0.110 e. The molecule has 0 aromatic heterocycles. The molecule has 1 aliphatic carbocycles.